The average molecular weight is 305 g/mol. The molecule has 0 aliphatic carbocycles. The summed E-state index contributed by atoms with van der Waals surface area (Å²) in [5.74, 6) is 0.265. The van der Waals surface area contributed by atoms with Crippen LogP contribution in [0.3, 0.4) is 0 Å². The van der Waals surface area contributed by atoms with Gasteiger partial charge >= 0.3 is 0 Å². The lowest BCUT2D eigenvalue weighted by atomic mass is 10.1. The van der Waals surface area contributed by atoms with Crippen molar-refractivity contribution in [3.63, 3.8) is 0 Å². The quantitative estimate of drug-likeness (QED) is 0.917. The molecular formula is C16H14ClFN2O. The molecule has 0 saturated heterocycles. The van der Waals surface area contributed by atoms with Crippen LogP contribution in [-0.4, -0.2) is 7.05 Å². The Balaban J connectivity index is 2.20. The first-order chi connectivity index (χ1) is 10.1. The molecule has 0 unspecified atom stereocenters. The summed E-state index contributed by atoms with van der Waals surface area (Å²) in [5, 5.41) is 12.7. The maximum atomic E-state index is 13.3. The average Bonchev–Trinajstić information content (AvgIpc) is 2.47. The molecule has 0 saturated carbocycles. The van der Waals surface area contributed by atoms with E-state index in [1.807, 2.05) is 19.2 Å². The Bertz CT molecular complexity index is 682. The molecule has 1 N–H and O–H groups in total. The van der Waals surface area contributed by atoms with Crippen molar-refractivity contribution in [2.24, 2.45) is 0 Å². The molecule has 0 aromatic heterocycles. The van der Waals surface area contributed by atoms with Gasteiger partial charge in [0.2, 0.25) is 0 Å². The fourth-order valence-corrected chi connectivity index (χ4v) is 2.16. The Morgan fingerprint density at radius 2 is 2.05 bits per heavy atom. The number of nitrogens with one attached hydrogen (secondary N) is 1. The fourth-order valence-electron chi connectivity index (χ4n) is 1.96. The number of hydrogen-bond acceptors (Lipinski definition) is 3. The van der Waals surface area contributed by atoms with Gasteiger partial charge in [0.05, 0.1) is 11.6 Å². The van der Waals surface area contributed by atoms with Crippen molar-refractivity contribution in [3.8, 4) is 11.8 Å². The lowest BCUT2D eigenvalue weighted by Gasteiger charge is -2.12. The maximum Gasteiger partial charge on any atom is 0.124 e. The largest absolute Gasteiger partial charge is 0.489 e. The van der Waals surface area contributed by atoms with Crippen molar-refractivity contribution in [1.29, 1.82) is 5.26 Å². The second-order valence-electron chi connectivity index (χ2n) is 4.48. The van der Waals surface area contributed by atoms with Gasteiger partial charge in [0.15, 0.2) is 0 Å². The normalized spacial score (nSPS) is 10.2. The highest BCUT2D eigenvalue weighted by atomic mass is 35.5. The van der Waals surface area contributed by atoms with Crippen LogP contribution in [0.5, 0.6) is 5.75 Å². The molecule has 21 heavy (non-hydrogen) atoms. The summed E-state index contributed by atoms with van der Waals surface area (Å²) < 4.78 is 19.0. The molecule has 0 fully saturated rings. The second kappa shape index (κ2) is 7.07. The van der Waals surface area contributed by atoms with Gasteiger partial charge in [-0.1, -0.05) is 11.6 Å². The van der Waals surface area contributed by atoms with Crippen LogP contribution in [0.25, 0.3) is 0 Å². The molecule has 108 valence electrons. The zero-order valence-electron chi connectivity index (χ0n) is 11.5. The van der Waals surface area contributed by atoms with Crippen molar-refractivity contribution >= 4 is 11.6 Å². The third kappa shape index (κ3) is 3.94. The zero-order chi connectivity index (χ0) is 15.2. The van der Waals surface area contributed by atoms with E-state index in [1.165, 1.54) is 18.2 Å². The number of ether oxygens (including phenoxy) is 1. The van der Waals surface area contributed by atoms with Crippen LogP contribution in [0, 0.1) is 17.1 Å². The van der Waals surface area contributed by atoms with E-state index in [0.717, 1.165) is 5.56 Å². The van der Waals surface area contributed by atoms with Gasteiger partial charge in [-0.25, -0.2) is 4.39 Å². The molecule has 2 aromatic carbocycles. The molecule has 0 heterocycles. The predicted molar refractivity (Wildman–Crippen MR) is 79.7 cm³/mol. The number of rotatable bonds is 5. The van der Waals surface area contributed by atoms with Gasteiger partial charge in [-0.05, 0) is 43.4 Å². The van der Waals surface area contributed by atoms with Gasteiger partial charge in [-0.2, -0.15) is 5.26 Å². The summed E-state index contributed by atoms with van der Waals surface area (Å²) in [6.07, 6.45) is 0. The molecule has 3 nitrogen and oxygen atoms in total. The molecule has 5 heteroatoms. The summed E-state index contributed by atoms with van der Waals surface area (Å²) in [4.78, 5) is 0. The number of hydrogen-bond donors (Lipinski definition) is 1. The van der Waals surface area contributed by atoms with Crippen LogP contribution in [0.2, 0.25) is 5.02 Å². The second-order valence-corrected chi connectivity index (χ2v) is 4.92. The molecule has 0 spiro atoms. The Kier molecular flexibility index (Phi) is 5.15. The third-order valence-electron chi connectivity index (χ3n) is 2.96. The van der Waals surface area contributed by atoms with Crippen LogP contribution in [-0.2, 0) is 13.2 Å². The minimum Gasteiger partial charge on any atom is -0.489 e. The lowest BCUT2D eigenvalue weighted by molar-refractivity contribution is 0.301. The van der Waals surface area contributed by atoms with E-state index in [1.54, 1.807) is 12.1 Å². The standard InChI is InChI=1S/C16H14ClFN2O/c1-20-9-12-6-14(17)3-5-16(12)21-10-13-7-15(18)4-2-11(13)8-19/h2-7,20H,9-10H2,1H3. The number of nitrogens with zero attached hydrogens (tertiary/aromatic N) is 1. The summed E-state index contributed by atoms with van der Waals surface area (Å²) in [5.41, 5.74) is 1.82. The molecule has 0 aliphatic heterocycles. The van der Waals surface area contributed by atoms with E-state index in [2.05, 4.69) is 5.32 Å². The SMILES string of the molecule is CNCc1cc(Cl)ccc1OCc1cc(F)ccc1C#N. The Hall–Kier alpha value is -2.09. The minimum atomic E-state index is -0.390. The highest BCUT2D eigenvalue weighted by Crippen LogP contribution is 2.24. The molecule has 2 aromatic rings. The van der Waals surface area contributed by atoms with Crippen molar-refractivity contribution in [1.82, 2.24) is 5.32 Å². The van der Waals surface area contributed by atoms with Gasteiger partial charge in [0.25, 0.3) is 0 Å². The molecule has 0 aliphatic rings. The van der Waals surface area contributed by atoms with Crippen LogP contribution in [0.15, 0.2) is 36.4 Å². The van der Waals surface area contributed by atoms with Gasteiger partial charge < -0.3 is 10.1 Å². The van der Waals surface area contributed by atoms with E-state index in [-0.39, 0.29) is 12.4 Å². The minimum absolute atomic E-state index is 0.124. The maximum absolute atomic E-state index is 13.3. The van der Waals surface area contributed by atoms with Crippen molar-refractivity contribution < 1.29 is 9.13 Å². The van der Waals surface area contributed by atoms with Gasteiger partial charge in [0, 0.05) is 22.7 Å². The lowest BCUT2D eigenvalue weighted by Crippen LogP contribution is -2.08. The summed E-state index contributed by atoms with van der Waals surface area (Å²) in [6, 6.07) is 11.4. The van der Waals surface area contributed by atoms with Crippen molar-refractivity contribution in [3.05, 3.63) is 63.9 Å². The fraction of sp³-hybridized carbons (Fsp3) is 0.188. The number of nitriles is 1. The monoisotopic (exact) mass is 304 g/mol. The highest BCUT2D eigenvalue weighted by Gasteiger charge is 2.08. The number of benzene rings is 2. The molecule has 0 bridgehead atoms. The molecule has 0 atom stereocenters. The van der Waals surface area contributed by atoms with E-state index in [9.17, 15) is 4.39 Å². The highest BCUT2D eigenvalue weighted by molar-refractivity contribution is 6.30. The van der Waals surface area contributed by atoms with Gasteiger partial charge in [0.1, 0.15) is 18.2 Å². The van der Waals surface area contributed by atoms with Crippen molar-refractivity contribution in [2.45, 2.75) is 13.2 Å². The van der Waals surface area contributed by atoms with E-state index >= 15 is 0 Å². The van der Waals surface area contributed by atoms with Gasteiger partial charge in [-0.3, -0.25) is 0 Å². The van der Waals surface area contributed by atoms with Crippen molar-refractivity contribution in [2.75, 3.05) is 7.05 Å². The van der Waals surface area contributed by atoms with E-state index < -0.39 is 0 Å². The molecule has 2 rings (SSSR count). The summed E-state index contributed by atoms with van der Waals surface area (Å²) in [7, 11) is 1.82. The summed E-state index contributed by atoms with van der Waals surface area (Å²) >= 11 is 5.96. The van der Waals surface area contributed by atoms with Crippen LogP contribution in [0.4, 0.5) is 4.39 Å². The van der Waals surface area contributed by atoms with Crippen LogP contribution >= 0.6 is 11.6 Å². The van der Waals surface area contributed by atoms with Crippen LogP contribution < -0.4 is 10.1 Å². The number of halogens is 2. The topological polar surface area (TPSA) is 45.0 Å². The van der Waals surface area contributed by atoms with Crippen LogP contribution in [0.1, 0.15) is 16.7 Å². The first-order valence-electron chi connectivity index (χ1n) is 6.38. The Morgan fingerprint density at radius 1 is 1.24 bits per heavy atom. The van der Waals surface area contributed by atoms with E-state index in [0.29, 0.717) is 28.4 Å². The Morgan fingerprint density at radius 3 is 2.76 bits per heavy atom. The van der Waals surface area contributed by atoms with E-state index in [4.69, 9.17) is 21.6 Å². The summed E-state index contributed by atoms with van der Waals surface area (Å²) in [6.45, 7) is 0.725. The third-order valence-corrected chi connectivity index (χ3v) is 3.20. The first kappa shape index (κ1) is 15.3. The molecule has 0 radical (unpaired) electrons. The smallest absolute Gasteiger partial charge is 0.124 e. The Labute approximate surface area is 127 Å². The zero-order valence-corrected chi connectivity index (χ0v) is 12.2. The van der Waals surface area contributed by atoms with Gasteiger partial charge in [-0.15, -0.1) is 0 Å². The molecule has 0 amide bonds. The molecular weight excluding hydrogens is 291 g/mol. The first-order valence-corrected chi connectivity index (χ1v) is 6.76. The predicted octanol–water partition coefficient (Wildman–Crippen LogP) is 3.65.